The van der Waals surface area contributed by atoms with Crippen LogP contribution in [0.1, 0.15) is 17.2 Å². The molecule has 1 atom stereocenters. The van der Waals surface area contributed by atoms with Gasteiger partial charge < -0.3 is 10.4 Å². The molecule has 120 valence electrons. The molecule has 0 radical (unpaired) electrons. The summed E-state index contributed by atoms with van der Waals surface area (Å²) in [4.78, 5) is 0. The van der Waals surface area contributed by atoms with Gasteiger partial charge in [0.2, 0.25) is 0 Å². The van der Waals surface area contributed by atoms with Gasteiger partial charge in [-0.05, 0) is 29.5 Å². The minimum absolute atomic E-state index is 0.0137. The third-order valence-electron chi connectivity index (χ3n) is 2.48. The van der Waals surface area contributed by atoms with Crippen molar-refractivity contribution in [3.05, 3.63) is 35.4 Å². The zero-order valence-electron chi connectivity index (χ0n) is 10.6. The summed E-state index contributed by atoms with van der Waals surface area (Å²) in [5, 5.41) is 12.3. The maximum atomic E-state index is 12.5. The quantitative estimate of drug-likeness (QED) is 0.616. The number of aliphatic hydroxyl groups excluding tert-OH is 1. The second kappa shape index (κ2) is 7.37. The first-order valence-electron chi connectivity index (χ1n) is 5.86. The molecule has 1 aromatic carbocycles. The highest BCUT2D eigenvalue weighted by Gasteiger charge is 2.31. The molecular formula is C12H13F6NOS. The van der Waals surface area contributed by atoms with Gasteiger partial charge in [0.15, 0.2) is 0 Å². The maximum Gasteiger partial charge on any atom is 0.441 e. The average Bonchev–Trinajstić information content (AvgIpc) is 2.36. The first-order chi connectivity index (χ1) is 9.59. The van der Waals surface area contributed by atoms with E-state index in [0.29, 0.717) is 0 Å². The minimum Gasteiger partial charge on any atom is -0.387 e. The first-order valence-corrected chi connectivity index (χ1v) is 6.85. The van der Waals surface area contributed by atoms with Crippen LogP contribution in [0.3, 0.4) is 0 Å². The molecule has 0 aromatic heterocycles. The Balaban J connectivity index is 2.44. The summed E-state index contributed by atoms with van der Waals surface area (Å²) in [6.45, 7) is -0.139. The number of rotatable bonds is 6. The number of benzene rings is 1. The van der Waals surface area contributed by atoms with Crippen molar-refractivity contribution in [1.82, 2.24) is 5.32 Å². The summed E-state index contributed by atoms with van der Waals surface area (Å²) in [5.41, 5.74) is -5.14. The number of halogens is 6. The van der Waals surface area contributed by atoms with Crippen LogP contribution < -0.4 is 5.32 Å². The standard InChI is InChI=1S/C12H13F6NOS/c13-11(14,15)9-3-1-2-8(6-9)10(20)7-19-4-5-21-12(16,17)18/h1-3,6,10,19-20H,4-5,7H2. The molecule has 9 heteroatoms. The van der Waals surface area contributed by atoms with Crippen molar-refractivity contribution in [2.75, 3.05) is 18.8 Å². The van der Waals surface area contributed by atoms with E-state index >= 15 is 0 Å². The normalized spacial score (nSPS) is 14.2. The van der Waals surface area contributed by atoms with Crippen molar-refractivity contribution in [3.8, 4) is 0 Å². The van der Waals surface area contributed by atoms with E-state index in [1.165, 1.54) is 12.1 Å². The van der Waals surface area contributed by atoms with Crippen molar-refractivity contribution in [3.63, 3.8) is 0 Å². The van der Waals surface area contributed by atoms with E-state index in [-0.39, 0.29) is 36.2 Å². The second-order valence-electron chi connectivity index (χ2n) is 4.14. The van der Waals surface area contributed by atoms with Gasteiger partial charge >= 0.3 is 11.7 Å². The lowest BCUT2D eigenvalue weighted by molar-refractivity contribution is -0.137. The zero-order chi connectivity index (χ0) is 16.1. The van der Waals surface area contributed by atoms with Gasteiger partial charge in [0, 0.05) is 18.8 Å². The Hall–Kier alpha value is -0.930. The lowest BCUT2D eigenvalue weighted by atomic mass is 10.1. The van der Waals surface area contributed by atoms with Gasteiger partial charge in [0.25, 0.3) is 0 Å². The van der Waals surface area contributed by atoms with Crippen LogP contribution in [0.25, 0.3) is 0 Å². The Morgan fingerprint density at radius 3 is 2.38 bits per heavy atom. The van der Waals surface area contributed by atoms with E-state index in [1.807, 2.05) is 0 Å². The molecule has 0 bridgehead atoms. The molecule has 0 aliphatic rings. The Morgan fingerprint density at radius 2 is 1.81 bits per heavy atom. The van der Waals surface area contributed by atoms with Crippen LogP contribution in [0.5, 0.6) is 0 Å². The summed E-state index contributed by atoms with van der Waals surface area (Å²) >= 11 is -0.206. The summed E-state index contributed by atoms with van der Waals surface area (Å²) < 4.78 is 73.0. The predicted molar refractivity (Wildman–Crippen MR) is 67.8 cm³/mol. The highest BCUT2D eigenvalue weighted by Crippen LogP contribution is 2.31. The Kier molecular flexibility index (Phi) is 6.36. The minimum atomic E-state index is -4.51. The predicted octanol–water partition coefficient (Wildman–Crippen LogP) is 3.58. The number of alkyl halides is 6. The largest absolute Gasteiger partial charge is 0.441 e. The molecule has 0 fully saturated rings. The zero-order valence-corrected chi connectivity index (χ0v) is 11.4. The van der Waals surface area contributed by atoms with E-state index < -0.39 is 23.4 Å². The molecule has 0 aliphatic carbocycles. The van der Waals surface area contributed by atoms with E-state index in [2.05, 4.69) is 5.32 Å². The molecule has 21 heavy (non-hydrogen) atoms. The average molecular weight is 333 g/mol. The third kappa shape index (κ3) is 7.05. The fourth-order valence-electron chi connectivity index (χ4n) is 1.52. The van der Waals surface area contributed by atoms with Crippen LogP contribution in [0, 0.1) is 0 Å². The van der Waals surface area contributed by atoms with Gasteiger partial charge in [0.1, 0.15) is 0 Å². The number of nitrogens with one attached hydrogen (secondary N) is 1. The first kappa shape index (κ1) is 18.1. The lowest BCUT2D eigenvalue weighted by Gasteiger charge is -2.14. The molecule has 0 heterocycles. The van der Waals surface area contributed by atoms with E-state index in [0.717, 1.165) is 12.1 Å². The Labute approximate surface area is 121 Å². The molecule has 0 saturated heterocycles. The topological polar surface area (TPSA) is 32.3 Å². The third-order valence-corrected chi connectivity index (χ3v) is 3.22. The van der Waals surface area contributed by atoms with Gasteiger partial charge in [-0.15, -0.1) is 0 Å². The molecule has 0 aliphatic heterocycles. The van der Waals surface area contributed by atoms with Crippen molar-refractivity contribution < 1.29 is 31.4 Å². The van der Waals surface area contributed by atoms with E-state index in [9.17, 15) is 31.4 Å². The molecule has 2 N–H and O–H groups in total. The van der Waals surface area contributed by atoms with Crippen LogP contribution in [0.2, 0.25) is 0 Å². The van der Waals surface area contributed by atoms with E-state index in [1.54, 1.807) is 0 Å². The number of hydrogen-bond acceptors (Lipinski definition) is 3. The van der Waals surface area contributed by atoms with Gasteiger partial charge in [-0.3, -0.25) is 0 Å². The molecule has 0 amide bonds. The highest BCUT2D eigenvalue weighted by molar-refractivity contribution is 8.00. The highest BCUT2D eigenvalue weighted by atomic mass is 32.2. The van der Waals surface area contributed by atoms with Gasteiger partial charge in [-0.2, -0.15) is 26.3 Å². The fraction of sp³-hybridized carbons (Fsp3) is 0.500. The molecule has 0 saturated carbocycles. The van der Waals surface area contributed by atoms with Crippen LogP contribution in [0.4, 0.5) is 26.3 Å². The molecule has 2 nitrogen and oxygen atoms in total. The van der Waals surface area contributed by atoms with Crippen LogP contribution in [-0.4, -0.2) is 29.5 Å². The Bertz CT molecular complexity index is 448. The summed E-state index contributed by atoms with van der Waals surface area (Å²) in [5.74, 6) is -0.237. The molecule has 0 spiro atoms. The van der Waals surface area contributed by atoms with Crippen LogP contribution in [-0.2, 0) is 6.18 Å². The number of aliphatic hydroxyl groups is 1. The second-order valence-corrected chi connectivity index (χ2v) is 5.30. The molecule has 1 rings (SSSR count). The van der Waals surface area contributed by atoms with Crippen LogP contribution >= 0.6 is 11.8 Å². The summed E-state index contributed by atoms with van der Waals surface area (Å²) in [7, 11) is 0. The van der Waals surface area contributed by atoms with Gasteiger partial charge in [-0.1, -0.05) is 12.1 Å². The van der Waals surface area contributed by atoms with E-state index in [4.69, 9.17) is 0 Å². The molecular weight excluding hydrogens is 320 g/mol. The van der Waals surface area contributed by atoms with Crippen molar-refractivity contribution in [1.29, 1.82) is 0 Å². The van der Waals surface area contributed by atoms with Crippen molar-refractivity contribution in [2.45, 2.75) is 17.8 Å². The Morgan fingerprint density at radius 1 is 1.14 bits per heavy atom. The lowest BCUT2D eigenvalue weighted by Crippen LogP contribution is -2.24. The molecule has 1 unspecified atom stereocenters. The van der Waals surface area contributed by atoms with Gasteiger partial charge in [-0.25, -0.2) is 0 Å². The number of thioether (sulfide) groups is 1. The van der Waals surface area contributed by atoms with Crippen molar-refractivity contribution >= 4 is 11.8 Å². The monoisotopic (exact) mass is 333 g/mol. The molecule has 1 aromatic rings. The number of hydrogen-bond donors (Lipinski definition) is 2. The smallest absolute Gasteiger partial charge is 0.387 e. The summed E-state index contributed by atoms with van der Waals surface area (Å²) in [6, 6.07) is 4.19. The SMILES string of the molecule is OC(CNCCSC(F)(F)F)c1cccc(C(F)(F)F)c1. The van der Waals surface area contributed by atoms with Gasteiger partial charge in [0.05, 0.1) is 11.7 Å². The van der Waals surface area contributed by atoms with Crippen LogP contribution in [0.15, 0.2) is 24.3 Å². The summed E-state index contributed by atoms with van der Waals surface area (Å²) in [6.07, 6.45) is -5.73. The fourth-order valence-corrected chi connectivity index (χ4v) is 2.00. The van der Waals surface area contributed by atoms with Crippen molar-refractivity contribution in [2.24, 2.45) is 0 Å². The maximum absolute atomic E-state index is 12.5.